The summed E-state index contributed by atoms with van der Waals surface area (Å²) in [4.78, 5) is 30.4. The van der Waals surface area contributed by atoms with Crippen LogP contribution >= 0.6 is 0 Å². The number of amides is 2. The van der Waals surface area contributed by atoms with E-state index < -0.39 is 5.97 Å². The van der Waals surface area contributed by atoms with Crippen LogP contribution in [0.4, 0.5) is 4.79 Å². The van der Waals surface area contributed by atoms with Gasteiger partial charge in [-0.1, -0.05) is 0 Å². The number of hydrogen-bond donors (Lipinski definition) is 1. The van der Waals surface area contributed by atoms with E-state index in [0.29, 0.717) is 13.1 Å². The lowest BCUT2D eigenvalue weighted by molar-refractivity contribution is -0.139. The van der Waals surface area contributed by atoms with Crippen molar-refractivity contribution in [2.45, 2.75) is 18.9 Å². The first kappa shape index (κ1) is 17.7. The average molecular weight is 300 g/mol. The molecule has 7 nitrogen and oxygen atoms in total. The Bertz CT molecular complexity index is 352. The van der Waals surface area contributed by atoms with Crippen molar-refractivity contribution in [2.24, 2.45) is 0 Å². The number of carbonyl (C=O) groups excluding carboxylic acids is 1. The maximum atomic E-state index is 11.9. The van der Waals surface area contributed by atoms with E-state index in [-0.39, 0.29) is 18.6 Å². The predicted molar refractivity (Wildman–Crippen MR) is 81.4 cm³/mol. The molecule has 21 heavy (non-hydrogen) atoms. The number of hydrogen-bond acceptors (Lipinski definition) is 4. The van der Waals surface area contributed by atoms with Gasteiger partial charge in [-0.3, -0.25) is 9.69 Å². The summed E-state index contributed by atoms with van der Waals surface area (Å²) in [5.74, 6) is -0.791. The van der Waals surface area contributed by atoms with Crippen molar-refractivity contribution in [3.8, 4) is 0 Å². The van der Waals surface area contributed by atoms with E-state index in [1.54, 1.807) is 19.0 Å². The second-order valence-corrected chi connectivity index (χ2v) is 6.06. The van der Waals surface area contributed by atoms with Gasteiger partial charge in [0.25, 0.3) is 0 Å². The molecular weight excluding hydrogens is 272 g/mol. The maximum Gasteiger partial charge on any atom is 0.319 e. The number of carbonyl (C=O) groups is 2. The third-order valence-electron chi connectivity index (χ3n) is 3.81. The number of carboxylic acid groups (broad SMARTS) is 1. The normalized spacial score (nSPS) is 16.6. The standard InChI is InChI=1S/C14H28N4O3/c1-15(2)9-10-18(11-13(19)20)12-5-7-17(8-6-12)14(21)16(3)4/h12H,5-11H2,1-4H3,(H,19,20). The van der Waals surface area contributed by atoms with Gasteiger partial charge in [-0.15, -0.1) is 0 Å². The Balaban J connectivity index is 2.53. The monoisotopic (exact) mass is 300 g/mol. The highest BCUT2D eigenvalue weighted by Gasteiger charge is 2.28. The molecule has 0 aromatic heterocycles. The van der Waals surface area contributed by atoms with Crippen molar-refractivity contribution in [3.05, 3.63) is 0 Å². The Labute approximate surface area is 127 Å². The molecule has 1 N–H and O–H groups in total. The highest BCUT2D eigenvalue weighted by atomic mass is 16.4. The Hall–Kier alpha value is -1.34. The highest BCUT2D eigenvalue weighted by Crippen LogP contribution is 2.17. The van der Waals surface area contributed by atoms with E-state index in [0.717, 1.165) is 25.9 Å². The number of piperidine rings is 1. The molecule has 0 aromatic carbocycles. The summed E-state index contributed by atoms with van der Waals surface area (Å²) in [7, 11) is 7.47. The second kappa shape index (κ2) is 8.19. The fourth-order valence-electron chi connectivity index (χ4n) is 2.60. The molecule has 0 radical (unpaired) electrons. The van der Waals surface area contributed by atoms with Crippen LogP contribution in [0, 0.1) is 0 Å². The molecule has 0 bridgehead atoms. The number of urea groups is 1. The third kappa shape index (κ3) is 5.89. The fraction of sp³-hybridized carbons (Fsp3) is 0.857. The molecule has 122 valence electrons. The van der Waals surface area contributed by atoms with Crippen LogP contribution in [0.1, 0.15) is 12.8 Å². The Morgan fingerprint density at radius 1 is 1.10 bits per heavy atom. The number of likely N-dealkylation sites (tertiary alicyclic amines) is 1. The maximum absolute atomic E-state index is 11.9. The minimum absolute atomic E-state index is 0.0338. The first-order valence-corrected chi connectivity index (χ1v) is 7.38. The predicted octanol–water partition coefficient (Wildman–Crippen LogP) is 0.0806. The smallest absolute Gasteiger partial charge is 0.319 e. The van der Waals surface area contributed by atoms with Crippen LogP contribution in [0.3, 0.4) is 0 Å². The van der Waals surface area contributed by atoms with Gasteiger partial charge in [0.1, 0.15) is 0 Å². The molecule has 1 fully saturated rings. The Morgan fingerprint density at radius 2 is 1.67 bits per heavy atom. The van der Waals surface area contributed by atoms with Crippen LogP contribution in [0.15, 0.2) is 0 Å². The second-order valence-electron chi connectivity index (χ2n) is 6.06. The first-order valence-electron chi connectivity index (χ1n) is 7.38. The van der Waals surface area contributed by atoms with Crippen molar-refractivity contribution in [2.75, 3.05) is 60.9 Å². The molecule has 1 rings (SSSR count). The topological polar surface area (TPSA) is 67.3 Å². The van der Waals surface area contributed by atoms with Gasteiger partial charge in [-0.05, 0) is 26.9 Å². The average Bonchev–Trinajstić information content (AvgIpc) is 2.42. The number of aliphatic carboxylic acids is 1. The highest BCUT2D eigenvalue weighted by molar-refractivity contribution is 5.73. The van der Waals surface area contributed by atoms with Gasteiger partial charge in [0, 0.05) is 46.3 Å². The molecule has 0 aliphatic carbocycles. The third-order valence-corrected chi connectivity index (χ3v) is 3.81. The number of nitrogens with zero attached hydrogens (tertiary/aromatic N) is 4. The summed E-state index contributed by atoms with van der Waals surface area (Å²) in [6, 6.07) is 0.277. The van der Waals surface area contributed by atoms with Gasteiger partial charge in [0.05, 0.1) is 6.54 Å². The van der Waals surface area contributed by atoms with Crippen molar-refractivity contribution < 1.29 is 14.7 Å². The van der Waals surface area contributed by atoms with Gasteiger partial charge < -0.3 is 19.8 Å². The van der Waals surface area contributed by atoms with E-state index in [9.17, 15) is 9.59 Å². The van der Waals surface area contributed by atoms with Crippen LogP contribution in [0.5, 0.6) is 0 Å². The summed E-state index contributed by atoms with van der Waals surface area (Å²) >= 11 is 0. The zero-order chi connectivity index (χ0) is 16.0. The molecule has 0 saturated carbocycles. The van der Waals surface area contributed by atoms with Gasteiger partial charge >= 0.3 is 12.0 Å². The summed E-state index contributed by atoms with van der Waals surface area (Å²) in [6.45, 7) is 3.04. The number of rotatable bonds is 6. The van der Waals surface area contributed by atoms with Gasteiger partial charge in [0.2, 0.25) is 0 Å². The molecule has 1 aliphatic heterocycles. The van der Waals surface area contributed by atoms with Crippen LogP contribution in [-0.2, 0) is 4.79 Å². The molecule has 1 heterocycles. The molecule has 7 heteroatoms. The summed E-state index contributed by atoms with van der Waals surface area (Å²) in [6.07, 6.45) is 1.67. The van der Waals surface area contributed by atoms with Crippen LogP contribution in [0.25, 0.3) is 0 Å². The number of carboxylic acids is 1. The van der Waals surface area contributed by atoms with Gasteiger partial charge in [-0.25, -0.2) is 4.79 Å². The zero-order valence-electron chi connectivity index (χ0n) is 13.6. The number of likely N-dealkylation sites (N-methyl/N-ethyl adjacent to an activating group) is 1. The van der Waals surface area contributed by atoms with Crippen molar-refractivity contribution in [3.63, 3.8) is 0 Å². The summed E-state index contributed by atoms with van der Waals surface area (Å²) in [5.41, 5.74) is 0. The molecule has 0 spiro atoms. The summed E-state index contributed by atoms with van der Waals surface area (Å²) in [5, 5.41) is 9.07. The van der Waals surface area contributed by atoms with E-state index in [1.165, 1.54) is 0 Å². The lowest BCUT2D eigenvalue weighted by atomic mass is 10.0. The van der Waals surface area contributed by atoms with E-state index in [4.69, 9.17) is 5.11 Å². The lowest BCUT2D eigenvalue weighted by Gasteiger charge is -2.39. The zero-order valence-corrected chi connectivity index (χ0v) is 13.6. The van der Waals surface area contributed by atoms with Gasteiger partial charge in [0.15, 0.2) is 0 Å². The van der Waals surface area contributed by atoms with Crippen molar-refractivity contribution in [1.29, 1.82) is 0 Å². The van der Waals surface area contributed by atoms with Crippen LogP contribution < -0.4 is 0 Å². The first-order chi connectivity index (χ1) is 9.81. The molecule has 1 aliphatic rings. The molecule has 0 atom stereocenters. The van der Waals surface area contributed by atoms with Crippen LogP contribution in [-0.4, -0.2) is 104 Å². The molecular formula is C14H28N4O3. The van der Waals surface area contributed by atoms with E-state index in [1.807, 2.05) is 23.9 Å². The summed E-state index contributed by atoms with van der Waals surface area (Å²) < 4.78 is 0. The molecule has 0 aromatic rings. The lowest BCUT2D eigenvalue weighted by Crippen LogP contribution is -2.51. The quantitative estimate of drug-likeness (QED) is 0.752. The Kier molecular flexibility index (Phi) is 6.91. The largest absolute Gasteiger partial charge is 0.480 e. The van der Waals surface area contributed by atoms with Gasteiger partial charge in [-0.2, -0.15) is 0 Å². The van der Waals surface area contributed by atoms with E-state index >= 15 is 0 Å². The minimum atomic E-state index is -0.791. The minimum Gasteiger partial charge on any atom is -0.480 e. The fourth-order valence-corrected chi connectivity index (χ4v) is 2.60. The van der Waals surface area contributed by atoms with Crippen molar-refractivity contribution >= 4 is 12.0 Å². The van der Waals surface area contributed by atoms with Crippen LogP contribution in [0.2, 0.25) is 0 Å². The van der Waals surface area contributed by atoms with E-state index in [2.05, 4.69) is 4.90 Å². The molecule has 2 amide bonds. The molecule has 0 unspecified atom stereocenters. The van der Waals surface area contributed by atoms with Crippen molar-refractivity contribution in [1.82, 2.24) is 19.6 Å². The molecule has 1 saturated heterocycles. The Morgan fingerprint density at radius 3 is 2.10 bits per heavy atom. The SMILES string of the molecule is CN(C)CCN(CC(=O)O)C1CCN(C(=O)N(C)C)CC1.